The molecule has 1 heterocycles. The van der Waals surface area contributed by atoms with E-state index in [2.05, 4.69) is 81.9 Å². The van der Waals surface area contributed by atoms with E-state index in [9.17, 15) is 0 Å². The second kappa shape index (κ2) is 4.78. The minimum absolute atomic E-state index is 0.407. The first-order valence-electron chi connectivity index (χ1n) is 7.10. The summed E-state index contributed by atoms with van der Waals surface area (Å²) >= 11 is 3.60. The van der Waals surface area contributed by atoms with Crippen LogP contribution in [0.25, 0.3) is 0 Å². The summed E-state index contributed by atoms with van der Waals surface area (Å²) in [5, 5.41) is 3.75. The smallest absolute Gasteiger partial charge is 0.0553 e. The predicted molar refractivity (Wildman–Crippen MR) is 86.9 cm³/mol. The number of hydrogen-bond acceptors (Lipinski definition) is 1. The molecule has 2 heteroatoms. The SMILES string of the molecule is Brc1ccc2c(c1)[C@H]1C=CC[C@H]1[C@@H](c1ccccc1)N2. The molecule has 2 aliphatic rings. The number of halogens is 1. The van der Waals surface area contributed by atoms with Crippen LogP contribution in [0.2, 0.25) is 0 Å². The monoisotopic (exact) mass is 325 g/mol. The zero-order chi connectivity index (χ0) is 13.5. The first-order chi connectivity index (χ1) is 9.83. The highest BCUT2D eigenvalue weighted by Crippen LogP contribution is 2.50. The molecule has 1 aliphatic heterocycles. The van der Waals surface area contributed by atoms with Crippen molar-refractivity contribution in [2.75, 3.05) is 5.32 Å². The van der Waals surface area contributed by atoms with Crippen LogP contribution in [0, 0.1) is 5.92 Å². The van der Waals surface area contributed by atoms with E-state index in [4.69, 9.17) is 0 Å². The summed E-state index contributed by atoms with van der Waals surface area (Å²) in [6.45, 7) is 0. The lowest BCUT2D eigenvalue weighted by Gasteiger charge is -2.37. The van der Waals surface area contributed by atoms with Crippen LogP contribution < -0.4 is 5.32 Å². The van der Waals surface area contributed by atoms with Gasteiger partial charge < -0.3 is 5.32 Å². The third-order valence-electron chi connectivity index (χ3n) is 4.48. The lowest BCUT2D eigenvalue weighted by molar-refractivity contribution is 0.425. The fourth-order valence-corrected chi connectivity index (χ4v) is 3.93. The summed E-state index contributed by atoms with van der Waals surface area (Å²) in [6.07, 6.45) is 5.87. The Labute approximate surface area is 127 Å². The Morgan fingerprint density at radius 2 is 1.90 bits per heavy atom. The molecule has 1 N–H and O–H groups in total. The first-order valence-corrected chi connectivity index (χ1v) is 7.90. The largest absolute Gasteiger partial charge is 0.378 e. The Balaban J connectivity index is 1.80. The number of nitrogens with one attached hydrogen (secondary N) is 1. The normalized spacial score (nSPS) is 26.8. The van der Waals surface area contributed by atoms with E-state index in [0.29, 0.717) is 17.9 Å². The second-order valence-electron chi connectivity index (χ2n) is 5.62. The molecule has 100 valence electrons. The van der Waals surface area contributed by atoms with Gasteiger partial charge in [-0.1, -0.05) is 58.4 Å². The van der Waals surface area contributed by atoms with Gasteiger partial charge in [0.25, 0.3) is 0 Å². The van der Waals surface area contributed by atoms with Crippen LogP contribution >= 0.6 is 15.9 Å². The van der Waals surface area contributed by atoms with E-state index in [1.165, 1.54) is 16.8 Å². The number of allylic oxidation sites excluding steroid dienone is 2. The van der Waals surface area contributed by atoms with Crippen LogP contribution in [-0.2, 0) is 0 Å². The first kappa shape index (κ1) is 12.2. The molecular weight excluding hydrogens is 310 g/mol. The van der Waals surface area contributed by atoms with Crippen molar-refractivity contribution in [2.45, 2.75) is 18.4 Å². The molecule has 20 heavy (non-hydrogen) atoms. The summed E-state index contributed by atoms with van der Waals surface area (Å²) in [4.78, 5) is 0. The summed E-state index contributed by atoms with van der Waals surface area (Å²) in [5.41, 5.74) is 4.08. The van der Waals surface area contributed by atoms with Crippen molar-refractivity contribution in [1.29, 1.82) is 0 Å². The van der Waals surface area contributed by atoms with Gasteiger partial charge in [0.2, 0.25) is 0 Å². The van der Waals surface area contributed by atoms with Crippen LogP contribution in [0.1, 0.15) is 29.5 Å². The van der Waals surface area contributed by atoms with Crippen LogP contribution in [0.15, 0.2) is 65.2 Å². The molecule has 0 aromatic heterocycles. The second-order valence-corrected chi connectivity index (χ2v) is 6.53. The average molecular weight is 326 g/mol. The van der Waals surface area contributed by atoms with Gasteiger partial charge >= 0.3 is 0 Å². The van der Waals surface area contributed by atoms with Gasteiger partial charge in [0.1, 0.15) is 0 Å². The maximum atomic E-state index is 3.75. The maximum Gasteiger partial charge on any atom is 0.0553 e. The quantitative estimate of drug-likeness (QED) is 0.704. The highest BCUT2D eigenvalue weighted by molar-refractivity contribution is 9.10. The fourth-order valence-electron chi connectivity index (χ4n) is 3.56. The van der Waals surface area contributed by atoms with Gasteiger partial charge in [-0.2, -0.15) is 0 Å². The third-order valence-corrected chi connectivity index (χ3v) is 4.98. The number of benzene rings is 2. The Hall–Kier alpha value is -1.54. The highest BCUT2D eigenvalue weighted by Gasteiger charge is 2.37. The van der Waals surface area contributed by atoms with Crippen molar-refractivity contribution in [3.8, 4) is 0 Å². The predicted octanol–water partition coefficient (Wildman–Crippen LogP) is 5.28. The molecular formula is C18H16BrN. The van der Waals surface area contributed by atoms with Gasteiger partial charge in [-0.05, 0) is 41.7 Å². The lowest BCUT2D eigenvalue weighted by Crippen LogP contribution is -2.28. The van der Waals surface area contributed by atoms with Gasteiger partial charge in [-0.3, -0.25) is 0 Å². The zero-order valence-electron chi connectivity index (χ0n) is 11.1. The molecule has 0 fully saturated rings. The van der Waals surface area contributed by atoms with Gasteiger partial charge in [0, 0.05) is 16.1 Å². The fraction of sp³-hybridized carbons (Fsp3) is 0.222. The van der Waals surface area contributed by atoms with Crippen LogP contribution in [0.4, 0.5) is 5.69 Å². The van der Waals surface area contributed by atoms with Crippen LogP contribution in [0.5, 0.6) is 0 Å². The van der Waals surface area contributed by atoms with Gasteiger partial charge in [-0.25, -0.2) is 0 Å². The van der Waals surface area contributed by atoms with E-state index in [0.717, 1.165) is 10.9 Å². The number of rotatable bonds is 1. The van der Waals surface area contributed by atoms with Crippen molar-refractivity contribution in [1.82, 2.24) is 0 Å². The standard InChI is InChI=1S/C18H16BrN/c19-13-9-10-17-16(11-13)14-7-4-8-15(14)18(20-17)12-5-2-1-3-6-12/h1-7,9-11,14-15,18,20H,8H2/t14-,15+,18+/m0/s1. The summed E-state index contributed by atoms with van der Waals surface area (Å²) < 4.78 is 1.16. The van der Waals surface area contributed by atoms with Crippen molar-refractivity contribution in [2.24, 2.45) is 5.92 Å². The number of anilines is 1. The minimum Gasteiger partial charge on any atom is -0.378 e. The molecule has 1 nitrogen and oxygen atoms in total. The van der Waals surface area contributed by atoms with Gasteiger partial charge in [0.05, 0.1) is 6.04 Å². The molecule has 2 aromatic rings. The van der Waals surface area contributed by atoms with Crippen molar-refractivity contribution < 1.29 is 0 Å². The lowest BCUT2D eigenvalue weighted by atomic mass is 9.77. The summed E-state index contributed by atoms with van der Waals surface area (Å²) in [5.74, 6) is 1.16. The van der Waals surface area contributed by atoms with Gasteiger partial charge in [0.15, 0.2) is 0 Å². The highest BCUT2D eigenvalue weighted by atomic mass is 79.9. The minimum atomic E-state index is 0.407. The van der Waals surface area contributed by atoms with Crippen molar-refractivity contribution >= 4 is 21.6 Å². The zero-order valence-corrected chi connectivity index (χ0v) is 12.7. The molecule has 2 aromatic carbocycles. The number of hydrogen-bond donors (Lipinski definition) is 1. The Kier molecular flexibility index (Phi) is 2.92. The van der Waals surface area contributed by atoms with E-state index in [-0.39, 0.29) is 0 Å². The molecule has 3 atom stereocenters. The van der Waals surface area contributed by atoms with E-state index in [1.807, 2.05) is 0 Å². The Morgan fingerprint density at radius 1 is 1.05 bits per heavy atom. The molecule has 0 spiro atoms. The molecule has 0 unspecified atom stereocenters. The Bertz CT molecular complexity index is 662. The van der Waals surface area contributed by atoms with E-state index in [1.54, 1.807) is 0 Å². The van der Waals surface area contributed by atoms with Crippen molar-refractivity contribution in [3.63, 3.8) is 0 Å². The molecule has 0 radical (unpaired) electrons. The van der Waals surface area contributed by atoms with Crippen LogP contribution in [0.3, 0.4) is 0 Å². The van der Waals surface area contributed by atoms with Gasteiger partial charge in [-0.15, -0.1) is 0 Å². The summed E-state index contributed by atoms with van der Waals surface area (Å²) in [6, 6.07) is 17.8. The van der Waals surface area contributed by atoms with E-state index >= 15 is 0 Å². The molecule has 1 aliphatic carbocycles. The molecule has 4 rings (SSSR count). The Morgan fingerprint density at radius 3 is 2.75 bits per heavy atom. The van der Waals surface area contributed by atoms with Crippen LogP contribution in [-0.4, -0.2) is 0 Å². The topological polar surface area (TPSA) is 12.0 Å². The molecule has 0 bridgehead atoms. The number of fused-ring (bicyclic) bond motifs is 3. The molecule has 0 saturated carbocycles. The molecule has 0 amide bonds. The van der Waals surface area contributed by atoms with E-state index < -0.39 is 0 Å². The molecule has 0 saturated heterocycles. The third kappa shape index (κ3) is 1.90. The summed E-state index contributed by atoms with van der Waals surface area (Å²) in [7, 11) is 0. The van der Waals surface area contributed by atoms with Crippen molar-refractivity contribution in [3.05, 3.63) is 76.3 Å². The average Bonchev–Trinajstić information content (AvgIpc) is 2.97. The maximum absolute atomic E-state index is 3.75.